The number of aryl methyl sites for hydroxylation is 1. The summed E-state index contributed by atoms with van der Waals surface area (Å²) in [6.07, 6.45) is 0. The summed E-state index contributed by atoms with van der Waals surface area (Å²) in [5.74, 6) is -0.166. The second-order valence-electron chi connectivity index (χ2n) is 7.24. The summed E-state index contributed by atoms with van der Waals surface area (Å²) in [6.45, 7) is 2.33. The van der Waals surface area contributed by atoms with Gasteiger partial charge in [0.15, 0.2) is 0 Å². The third-order valence-electron chi connectivity index (χ3n) is 4.94. The van der Waals surface area contributed by atoms with E-state index in [1.165, 1.54) is 12.1 Å². The Morgan fingerprint density at radius 2 is 1.58 bits per heavy atom. The molecule has 4 rings (SSSR count). The summed E-state index contributed by atoms with van der Waals surface area (Å²) in [4.78, 5) is 6.05. The number of aromatic nitrogens is 1. The molecule has 158 valence electrons. The van der Waals surface area contributed by atoms with Gasteiger partial charge in [-0.2, -0.15) is 4.98 Å². The largest absolute Gasteiger partial charge is 0.419 e. The number of anilines is 1. The van der Waals surface area contributed by atoms with Crippen molar-refractivity contribution in [2.45, 2.75) is 23.4 Å². The topological polar surface area (TPSA) is 63.4 Å². The summed E-state index contributed by atoms with van der Waals surface area (Å²) >= 11 is 0. The molecule has 0 aliphatic carbocycles. The predicted molar refractivity (Wildman–Crippen MR) is 117 cm³/mol. The monoisotopic (exact) mass is 436 g/mol. The molecular formula is C24H21FN2O3S. The predicted octanol–water partition coefficient (Wildman–Crippen LogP) is 5.26. The second kappa shape index (κ2) is 8.35. The molecule has 5 nitrogen and oxygen atoms in total. The van der Waals surface area contributed by atoms with Gasteiger partial charge in [-0.3, -0.25) is 0 Å². The van der Waals surface area contributed by atoms with Crippen LogP contribution in [0, 0.1) is 12.7 Å². The lowest BCUT2D eigenvalue weighted by Gasteiger charge is -2.17. The molecule has 0 atom stereocenters. The van der Waals surface area contributed by atoms with Crippen molar-refractivity contribution >= 4 is 15.7 Å². The maximum absolute atomic E-state index is 13.4. The third-order valence-corrected chi connectivity index (χ3v) is 6.61. The van der Waals surface area contributed by atoms with Crippen molar-refractivity contribution < 1.29 is 17.2 Å². The normalized spacial score (nSPS) is 11.5. The molecule has 0 saturated heterocycles. The van der Waals surface area contributed by atoms with Crippen LogP contribution >= 0.6 is 0 Å². The molecule has 0 unspecified atom stereocenters. The number of halogens is 1. The van der Waals surface area contributed by atoms with E-state index in [0.717, 1.165) is 23.3 Å². The van der Waals surface area contributed by atoms with Gasteiger partial charge in [0.2, 0.25) is 26.6 Å². The molecule has 4 aromatic rings. The zero-order valence-corrected chi connectivity index (χ0v) is 17.9. The number of hydrogen-bond acceptors (Lipinski definition) is 5. The Balaban J connectivity index is 1.84. The van der Waals surface area contributed by atoms with Crippen molar-refractivity contribution in [1.82, 2.24) is 4.98 Å². The van der Waals surface area contributed by atoms with E-state index in [1.54, 1.807) is 11.9 Å². The van der Waals surface area contributed by atoms with Crippen LogP contribution in [-0.2, 0) is 16.4 Å². The van der Waals surface area contributed by atoms with Crippen molar-refractivity contribution in [3.63, 3.8) is 0 Å². The highest BCUT2D eigenvalue weighted by Crippen LogP contribution is 2.35. The Bertz CT molecular complexity index is 1300. The molecule has 0 amide bonds. The minimum absolute atomic E-state index is 0.0482. The first-order chi connectivity index (χ1) is 14.9. The lowest BCUT2D eigenvalue weighted by molar-refractivity contribution is 0.553. The van der Waals surface area contributed by atoms with Crippen LogP contribution < -0.4 is 4.90 Å². The zero-order chi connectivity index (χ0) is 22.0. The van der Waals surface area contributed by atoms with E-state index in [2.05, 4.69) is 4.98 Å². The van der Waals surface area contributed by atoms with Crippen LogP contribution in [0.2, 0.25) is 0 Å². The van der Waals surface area contributed by atoms with Crippen LogP contribution in [0.3, 0.4) is 0 Å². The molecule has 1 aromatic heterocycles. The first-order valence-corrected chi connectivity index (χ1v) is 11.2. The van der Waals surface area contributed by atoms with E-state index in [9.17, 15) is 12.8 Å². The van der Waals surface area contributed by atoms with Crippen LogP contribution in [0.4, 0.5) is 10.3 Å². The number of hydrogen-bond donors (Lipinski definition) is 0. The Morgan fingerprint density at radius 3 is 2.26 bits per heavy atom. The number of nitrogens with zero attached hydrogens (tertiary/aromatic N) is 2. The first kappa shape index (κ1) is 20.8. The molecule has 0 spiro atoms. The van der Waals surface area contributed by atoms with E-state index in [1.807, 2.05) is 61.5 Å². The maximum Gasteiger partial charge on any atom is 0.236 e. The van der Waals surface area contributed by atoms with Gasteiger partial charge in [0.25, 0.3) is 0 Å². The number of benzene rings is 3. The Hall–Kier alpha value is -3.45. The minimum atomic E-state index is -4.04. The summed E-state index contributed by atoms with van der Waals surface area (Å²) < 4.78 is 46.1. The molecule has 0 aliphatic rings. The average molecular weight is 437 g/mol. The molecule has 0 bridgehead atoms. The highest BCUT2D eigenvalue weighted by molar-refractivity contribution is 7.91. The number of rotatable bonds is 6. The standard InChI is InChI=1S/C24H21FN2O3S/c1-17-8-6-7-11-21(17)22-26-23(31(28,29)20-14-12-19(25)13-15-20)24(30-22)27(2)16-18-9-4-3-5-10-18/h3-15H,16H2,1-2H3. The van der Waals surface area contributed by atoms with Crippen molar-refractivity contribution in [2.75, 3.05) is 11.9 Å². The fraction of sp³-hybridized carbons (Fsp3) is 0.125. The van der Waals surface area contributed by atoms with Gasteiger partial charge in [-0.15, -0.1) is 0 Å². The van der Waals surface area contributed by atoms with E-state index < -0.39 is 15.7 Å². The summed E-state index contributed by atoms with van der Waals surface area (Å²) in [6, 6.07) is 21.8. The fourth-order valence-electron chi connectivity index (χ4n) is 3.30. The fourth-order valence-corrected chi connectivity index (χ4v) is 4.64. The zero-order valence-electron chi connectivity index (χ0n) is 17.1. The first-order valence-electron chi connectivity index (χ1n) is 9.69. The third kappa shape index (κ3) is 4.22. The van der Waals surface area contributed by atoms with Crippen LogP contribution in [-0.4, -0.2) is 20.4 Å². The number of sulfone groups is 1. The molecule has 0 N–H and O–H groups in total. The molecule has 0 saturated carbocycles. The smallest absolute Gasteiger partial charge is 0.236 e. The molecular weight excluding hydrogens is 415 g/mol. The van der Waals surface area contributed by atoms with Crippen molar-refractivity contribution in [3.05, 3.63) is 95.8 Å². The number of oxazole rings is 1. The lowest BCUT2D eigenvalue weighted by Crippen LogP contribution is -2.18. The van der Waals surface area contributed by atoms with Gasteiger partial charge in [-0.1, -0.05) is 48.5 Å². The van der Waals surface area contributed by atoms with Crippen LogP contribution in [0.1, 0.15) is 11.1 Å². The molecule has 7 heteroatoms. The SMILES string of the molecule is Cc1ccccc1-c1nc(S(=O)(=O)c2ccc(F)cc2)c(N(C)Cc2ccccc2)o1. The molecule has 1 heterocycles. The Labute approximate surface area is 180 Å². The van der Waals surface area contributed by atoms with Crippen molar-refractivity contribution in [1.29, 1.82) is 0 Å². The van der Waals surface area contributed by atoms with Gasteiger partial charge in [0.1, 0.15) is 5.82 Å². The Morgan fingerprint density at radius 1 is 0.935 bits per heavy atom. The minimum Gasteiger partial charge on any atom is -0.419 e. The molecule has 3 aromatic carbocycles. The lowest BCUT2D eigenvalue weighted by atomic mass is 10.1. The van der Waals surface area contributed by atoms with E-state index in [-0.39, 0.29) is 21.7 Å². The van der Waals surface area contributed by atoms with Crippen molar-refractivity contribution in [3.8, 4) is 11.5 Å². The van der Waals surface area contributed by atoms with E-state index in [0.29, 0.717) is 12.1 Å². The average Bonchev–Trinajstić information content (AvgIpc) is 3.21. The Kier molecular flexibility index (Phi) is 5.61. The molecule has 0 radical (unpaired) electrons. The quantitative estimate of drug-likeness (QED) is 0.386. The second-order valence-corrected chi connectivity index (χ2v) is 9.11. The maximum atomic E-state index is 13.4. The van der Waals surface area contributed by atoms with Gasteiger partial charge in [-0.25, -0.2) is 12.8 Å². The van der Waals surface area contributed by atoms with Gasteiger partial charge >= 0.3 is 0 Å². The summed E-state index contributed by atoms with van der Waals surface area (Å²) in [5, 5.41) is -0.198. The van der Waals surface area contributed by atoms with Gasteiger partial charge < -0.3 is 9.32 Å². The molecule has 0 aliphatic heterocycles. The highest BCUT2D eigenvalue weighted by Gasteiger charge is 2.30. The molecule has 0 fully saturated rings. The van der Waals surface area contributed by atoms with E-state index >= 15 is 0 Å². The van der Waals surface area contributed by atoms with Gasteiger partial charge in [0.05, 0.1) is 4.90 Å². The van der Waals surface area contributed by atoms with Gasteiger partial charge in [0, 0.05) is 19.2 Å². The van der Waals surface area contributed by atoms with Crippen LogP contribution in [0.25, 0.3) is 11.5 Å². The summed E-state index contributed by atoms with van der Waals surface area (Å²) in [7, 11) is -2.29. The highest BCUT2D eigenvalue weighted by atomic mass is 32.2. The van der Waals surface area contributed by atoms with E-state index in [4.69, 9.17) is 4.42 Å². The summed E-state index contributed by atoms with van der Waals surface area (Å²) in [5.41, 5.74) is 2.60. The van der Waals surface area contributed by atoms with Crippen LogP contribution in [0.15, 0.2) is 93.2 Å². The van der Waals surface area contributed by atoms with Crippen LogP contribution in [0.5, 0.6) is 0 Å². The van der Waals surface area contributed by atoms with Gasteiger partial charge in [-0.05, 0) is 48.4 Å². The molecule has 31 heavy (non-hydrogen) atoms. The van der Waals surface area contributed by atoms with Crippen molar-refractivity contribution in [2.24, 2.45) is 0 Å².